The van der Waals surface area contributed by atoms with Gasteiger partial charge in [-0.25, -0.2) is 0 Å². The Morgan fingerprint density at radius 3 is 2.12 bits per heavy atom. The molecule has 0 spiro atoms. The molecule has 0 amide bonds. The summed E-state index contributed by atoms with van der Waals surface area (Å²) in [5, 5.41) is 9.69. The number of hydrogen-bond donors (Lipinski definition) is 1. The van der Waals surface area contributed by atoms with Crippen LogP contribution in [-0.2, 0) is 0 Å². The molecule has 100 valence electrons. The van der Waals surface area contributed by atoms with Crippen molar-refractivity contribution in [2.75, 3.05) is 26.2 Å². The number of rotatable bonds is 5. The minimum atomic E-state index is 0.248. The van der Waals surface area contributed by atoms with Crippen LogP contribution in [0.2, 0.25) is 0 Å². The highest BCUT2D eigenvalue weighted by atomic mass is 16.3. The van der Waals surface area contributed by atoms with Gasteiger partial charge in [-0.15, -0.1) is 0 Å². The quantitative estimate of drug-likeness (QED) is 0.797. The van der Waals surface area contributed by atoms with Gasteiger partial charge in [-0.05, 0) is 44.1 Å². The summed E-state index contributed by atoms with van der Waals surface area (Å²) >= 11 is 0. The third-order valence-corrected chi connectivity index (χ3v) is 5.58. The maximum absolute atomic E-state index is 9.69. The van der Waals surface area contributed by atoms with Crippen molar-refractivity contribution < 1.29 is 5.11 Å². The molecule has 2 rings (SSSR count). The highest BCUT2D eigenvalue weighted by molar-refractivity contribution is 4.93. The molecule has 1 saturated carbocycles. The Labute approximate surface area is 106 Å². The summed E-state index contributed by atoms with van der Waals surface area (Å²) in [6.45, 7) is 8.74. The van der Waals surface area contributed by atoms with Crippen molar-refractivity contribution in [1.29, 1.82) is 0 Å². The van der Waals surface area contributed by atoms with Crippen molar-refractivity contribution in [2.45, 2.75) is 58.8 Å². The van der Waals surface area contributed by atoms with Gasteiger partial charge in [0.2, 0.25) is 0 Å². The molecule has 0 aromatic rings. The zero-order valence-corrected chi connectivity index (χ0v) is 11.7. The minimum Gasteiger partial charge on any atom is -0.396 e. The highest BCUT2D eigenvalue weighted by Gasteiger charge is 2.40. The molecule has 0 radical (unpaired) electrons. The molecular weight excluding hydrogens is 210 g/mol. The SMILES string of the molecule is CCC1(CC)CCN(CC2(CO)CCCC2)C1. The molecule has 17 heavy (non-hydrogen) atoms. The highest BCUT2D eigenvalue weighted by Crippen LogP contribution is 2.42. The molecule has 1 aliphatic carbocycles. The van der Waals surface area contributed by atoms with E-state index in [0.717, 1.165) is 6.54 Å². The molecule has 0 bridgehead atoms. The van der Waals surface area contributed by atoms with E-state index in [1.165, 1.54) is 58.0 Å². The average molecular weight is 239 g/mol. The van der Waals surface area contributed by atoms with Crippen LogP contribution in [0.25, 0.3) is 0 Å². The van der Waals surface area contributed by atoms with Crippen LogP contribution in [0.5, 0.6) is 0 Å². The Morgan fingerprint density at radius 1 is 1.00 bits per heavy atom. The summed E-state index contributed by atoms with van der Waals surface area (Å²) in [6, 6.07) is 0. The molecule has 0 atom stereocenters. The molecule has 1 aliphatic heterocycles. The maximum Gasteiger partial charge on any atom is 0.0499 e. The van der Waals surface area contributed by atoms with Gasteiger partial charge < -0.3 is 10.0 Å². The lowest BCUT2D eigenvalue weighted by molar-refractivity contribution is 0.0820. The fourth-order valence-electron chi connectivity index (χ4n) is 3.96. The first-order valence-electron chi connectivity index (χ1n) is 7.51. The van der Waals surface area contributed by atoms with Crippen LogP contribution in [0.3, 0.4) is 0 Å². The topological polar surface area (TPSA) is 23.5 Å². The number of nitrogens with zero attached hydrogens (tertiary/aromatic N) is 1. The van der Waals surface area contributed by atoms with Gasteiger partial charge in [-0.1, -0.05) is 26.7 Å². The van der Waals surface area contributed by atoms with Gasteiger partial charge in [0.1, 0.15) is 0 Å². The van der Waals surface area contributed by atoms with Gasteiger partial charge in [0.15, 0.2) is 0 Å². The Kier molecular flexibility index (Phi) is 4.14. The molecule has 2 heteroatoms. The molecule has 0 aromatic heterocycles. The molecule has 0 aromatic carbocycles. The van der Waals surface area contributed by atoms with Crippen LogP contribution in [0.15, 0.2) is 0 Å². The molecule has 0 unspecified atom stereocenters. The monoisotopic (exact) mass is 239 g/mol. The Morgan fingerprint density at radius 2 is 1.65 bits per heavy atom. The van der Waals surface area contributed by atoms with Crippen LogP contribution < -0.4 is 0 Å². The van der Waals surface area contributed by atoms with E-state index in [9.17, 15) is 5.11 Å². The van der Waals surface area contributed by atoms with Crippen LogP contribution in [-0.4, -0.2) is 36.2 Å². The van der Waals surface area contributed by atoms with Crippen LogP contribution in [0.4, 0.5) is 0 Å². The summed E-state index contributed by atoms with van der Waals surface area (Å²) < 4.78 is 0. The largest absolute Gasteiger partial charge is 0.396 e. The molecule has 2 nitrogen and oxygen atoms in total. The zero-order chi connectivity index (χ0) is 12.4. The molecule has 1 N–H and O–H groups in total. The number of aliphatic hydroxyl groups is 1. The smallest absolute Gasteiger partial charge is 0.0499 e. The fourth-order valence-corrected chi connectivity index (χ4v) is 3.96. The van der Waals surface area contributed by atoms with E-state index < -0.39 is 0 Å². The predicted molar refractivity (Wildman–Crippen MR) is 72.1 cm³/mol. The molecule has 2 fully saturated rings. The maximum atomic E-state index is 9.69. The van der Waals surface area contributed by atoms with Crippen molar-refractivity contribution >= 4 is 0 Å². The molecule has 1 saturated heterocycles. The third kappa shape index (κ3) is 2.68. The number of likely N-dealkylation sites (tertiary alicyclic amines) is 1. The standard InChI is InChI=1S/C15H29NO/c1-3-14(4-2)9-10-16(11-14)12-15(13-17)7-5-6-8-15/h17H,3-13H2,1-2H3. The van der Waals surface area contributed by atoms with E-state index in [1.54, 1.807) is 0 Å². The van der Waals surface area contributed by atoms with E-state index in [2.05, 4.69) is 18.7 Å². The number of hydrogen-bond acceptors (Lipinski definition) is 2. The lowest BCUT2D eigenvalue weighted by Gasteiger charge is -2.33. The fraction of sp³-hybridized carbons (Fsp3) is 1.00. The van der Waals surface area contributed by atoms with Crippen LogP contribution in [0, 0.1) is 10.8 Å². The van der Waals surface area contributed by atoms with Crippen molar-refractivity contribution in [3.05, 3.63) is 0 Å². The van der Waals surface area contributed by atoms with E-state index in [-0.39, 0.29) is 5.41 Å². The third-order valence-electron chi connectivity index (χ3n) is 5.58. The predicted octanol–water partition coefficient (Wildman–Crippen LogP) is 3.05. The van der Waals surface area contributed by atoms with Crippen molar-refractivity contribution in [2.24, 2.45) is 10.8 Å². The van der Waals surface area contributed by atoms with Crippen molar-refractivity contribution in [3.63, 3.8) is 0 Å². The van der Waals surface area contributed by atoms with Gasteiger partial charge in [-0.3, -0.25) is 0 Å². The van der Waals surface area contributed by atoms with E-state index >= 15 is 0 Å². The van der Waals surface area contributed by atoms with Crippen molar-refractivity contribution in [1.82, 2.24) is 4.90 Å². The summed E-state index contributed by atoms with van der Waals surface area (Å²) in [7, 11) is 0. The second-order valence-electron chi connectivity index (χ2n) is 6.53. The molecule has 1 heterocycles. The van der Waals surface area contributed by atoms with E-state index in [4.69, 9.17) is 0 Å². The first-order chi connectivity index (χ1) is 8.17. The minimum absolute atomic E-state index is 0.248. The summed E-state index contributed by atoms with van der Waals surface area (Å²) in [5.74, 6) is 0. The molecule has 2 aliphatic rings. The Balaban J connectivity index is 1.92. The summed E-state index contributed by atoms with van der Waals surface area (Å²) in [6.07, 6.45) is 9.11. The van der Waals surface area contributed by atoms with Gasteiger partial charge >= 0.3 is 0 Å². The first kappa shape index (κ1) is 13.4. The average Bonchev–Trinajstić information content (AvgIpc) is 2.98. The van der Waals surface area contributed by atoms with E-state index in [1.807, 2.05) is 0 Å². The lowest BCUT2D eigenvalue weighted by Crippen LogP contribution is -2.38. The summed E-state index contributed by atoms with van der Waals surface area (Å²) in [4.78, 5) is 2.63. The van der Waals surface area contributed by atoms with Crippen LogP contribution >= 0.6 is 0 Å². The van der Waals surface area contributed by atoms with Gasteiger partial charge in [0.25, 0.3) is 0 Å². The van der Waals surface area contributed by atoms with Crippen molar-refractivity contribution in [3.8, 4) is 0 Å². The first-order valence-corrected chi connectivity index (χ1v) is 7.51. The van der Waals surface area contributed by atoms with Crippen LogP contribution in [0.1, 0.15) is 58.8 Å². The second kappa shape index (κ2) is 5.27. The zero-order valence-electron chi connectivity index (χ0n) is 11.7. The Bertz CT molecular complexity index is 241. The van der Waals surface area contributed by atoms with Gasteiger partial charge in [0.05, 0.1) is 0 Å². The van der Waals surface area contributed by atoms with Gasteiger partial charge in [-0.2, -0.15) is 0 Å². The molecular formula is C15H29NO. The summed E-state index contributed by atoms with van der Waals surface area (Å²) in [5.41, 5.74) is 0.826. The van der Waals surface area contributed by atoms with E-state index in [0.29, 0.717) is 12.0 Å². The number of aliphatic hydroxyl groups excluding tert-OH is 1. The lowest BCUT2D eigenvalue weighted by atomic mass is 9.81. The normalized spacial score (nSPS) is 27.7. The Hall–Kier alpha value is -0.0800. The second-order valence-corrected chi connectivity index (χ2v) is 6.53. The van der Waals surface area contributed by atoms with Gasteiger partial charge in [0, 0.05) is 25.1 Å².